The summed E-state index contributed by atoms with van der Waals surface area (Å²) in [6.07, 6.45) is 2.05. The second-order valence-electron chi connectivity index (χ2n) is 19.1. The van der Waals surface area contributed by atoms with Crippen LogP contribution < -0.4 is 4.90 Å². The van der Waals surface area contributed by atoms with Gasteiger partial charge in [0.25, 0.3) is 0 Å². The Balaban J connectivity index is 0.895. The molecule has 0 saturated carbocycles. The Bertz CT molecular complexity index is 3610. The van der Waals surface area contributed by atoms with Gasteiger partial charge in [-0.3, -0.25) is 0 Å². The Morgan fingerprint density at radius 1 is 0.362 bits per heavy atom. The van der Waals surface area contributed by atoms with Crippen LogP contribution in [0.5, 0.6) is 0 Å². The molecule has 0 bridgehead atoms. The van der Waals surface area contributed by atoms with Crippen LogP contribution >= 0.6 is 0 Å². The predicted octanol–water partition coefficient (Wildman–Crippen LogP) is 18.4. The molecule has 1 heterocycles. The zero-order valence-electron chi connectivity index (χ0n) is 39.7. The first-order valence-corrected chi connectivity index (χ1v) is 24.5. The van der Waals surface area contributed by atoms with Gasteiger partial charge in [-0.25, -0.2) is 0 Å². The van der Waals surface area contributed by atoms with Gasteiger partial charge in [0.1, 0.15) is 0 Å². The molecule has 0 aliphatic heterocycles. The fourth-order valence-electron chi connectivity index (χ4n) is 10.9. The molecule has 0 unspecified atom stereocenters. The molecule has 69 heavy (non-hydrogen) atoms. The highest BCUT2D eigenvalue weighted by Crippen LogP contribution is 2.51. The van der Waals surface area contributed by atoms with Crippen molar-refractivity contribution in [2.75, 3.05) is 4.90 Å². The van der Waals surface area contributed by atoms with Crippen molar-refractivity contribution < 1.29 is 0 Å². The molecule has 0 radical (unpaired) electrons. The van der Waals surface area contributed by atoms with E-state index in [0.29, 0.717) is 0 Å². The predicted molar refractivity (Wildman–Crippen MR) is 294 cm³/mol. The number of hydrogen-bond acceptors (Lipinski definition) is 1. The molecule has 0 saturated heterocycles. The van der Waals surface area contributed by atoms with E-state index in [-0.39, 0.29) is 5.41 Å². The third kappa shape index (κ3) is 7.36. The number of aromatic nitrogens is 1. The summed E-state index contributed by atoms with van der Waals surface area (Å²) in [7, 11) is 0. The smallest absolute Gasteiger partial charge is 0.0541 e. The lowest BCUT2D eigenvalue weighted by molar-refractivity contribution is 0.660. The Hall–Kier alpha value is -8.20. The topological polar surface area (TPSA) is 8.17 Å². The zero-order chi connectivity index (χ0) is 46.6. The van der Waals surface area contributed by atoms with E-state index < -0.39 is 0 Å². The van der Waals surface area contributed by atoms with Gasteiger partial charge in [0.05, 0.1) is 16.7 Å². The minimum atomic E-state index is -0.130. The van der Waals surface area contributed by atoms with Gasteiger partial charge in [-0.05, 0) is 158 Å². The summed E-state index contributed by atoms with van der Waals surface area (Å²) in [6, 6.07) is 85.6. The molecule has 1 aliphatic rings. The van der Waals surface area contributed by atoms with Gasteiger partial charge in [0.15, 0.2) is 0 Å². The van der Waals surface area contributed by atoms with E-state index in [9.17, 15) is 0 Å². The summed E-state index contributed by atoms with van der Waals surface area (Å²) in [5.41, 5.74) is 24.5. The molecular weight excluding hydrogens is 833 g/mol. The third-order valence-electron chi connectivity index (χ3n) is 14.8. The van der Waals surface area contributed by atoms with Gasteiger partial charge in [0.2, 0.25) is 0 Å². The molecule has 1 aliphatic carbocycles. The number of fused-ring (bicyclic) bond motifs is 6. The Labute approximate surface area is 406 Å². The van der Waals surface area contributed by atoms with Crippen LogP contribution in [0.15, 0.2) is 231 Å². The molecule has 0 spiro atoms. The molecule has 10 aromatic carbocycles. The van der Waals surface area contributed by atoms with Crippen molar-refractivity contribution in [1.82, 2.24) is 4.57 Å². The van der Waals surface area contributed by atoms with Crippen molar-refractivity contribution in [2.45, 2.75) is 46.0 Å². The highest BCUT2D eigenvalue weighted by Gasteiger charge is 2.36. The molecule has 2 heteroatoms. The van der Waals surface area contributed by atoms with Crippen molar-refractivity contribution in [2.24, 2.45) is 0 Å². The minimum Gasteiger partial charge on any atom is -0.310 e. The van der Waals surface area contributed by atoms with E-state index in [4.69, 9.17) is 0 Å². The van der Waals surface area contributed by atoms with Gasteiger partial charge in [-0.15, -0.1) is 0 Å². The second-order valence-corrected chi connectivity index (χ2v) is 19.1. The monoisotopic (exact) mass is 886 g/mol. The van der Waals surface area contributed by atoms with Gasteiger partial charge >= 0.3 is 0 Å². The molecular formula is C67H54N2. The highest BCUT2D eigenvalue weighted by atomic mass is 15.1. The minimum absolute atomic E-state index is 0.130. The van der Waals surface area contributed by atoms with E-state index in [1.54, 1.807) is 0 Å². The van der Waals surface area contributed by atoms with E-state index in [1.807, 2.05) is 0 Å². The summed E-state index contributed by atoms with van der Waals surface area (Å²) in [6.45, 7) is 9.19. The second kappa shape index (κ2) is 17.1. The standard InChI is InChI=1S/C67H54N2/c1-5-45-21-38-65-60(41-45)61-42-46(6-2)22-39-66(61)69(65)55-34-29-51(30-35-55)49-25-23-48(24-26-49)50-27-32-54(33-28-50)68(56-36-37-58-57-19-13-14-20-62(57)67(3,4)63(58)44-56)64-40-31-53(47-15-9-7-10-16-47)43-59(64)52-17-11-8-12-18-52/h7-44H,5-6H2,1-4H3. The Morgan fingerprint density at radius 3 is 1.43 bits per heavy atom. The summed E-state index contributed by atoms with van der Waals surface area (Å²) < 4.78 is 2.42. The molecule has 2 nitrogen and oxygen atoms in total. The molecule has 0 amide bonds. The van der Waals surface area contributed by atoms with Crippen LogP contribution in [-0.4, -0.2) is 4.57 Å². The summed E-state index contributed by atoms with van der Waals surface area (Å²) in [4.78, 5) is 2.46. The first kappa shape index (κ1) is 42.2. The maximum Gasteiger partial charge on any atom is 0.0541 e. The lowest BCUT2D eigenvalue weighted by Gasteiger charge is -2.30. The van der Waals surface area contributed by atoms with E-state index in [0.717, 1.165) is 29.9 Å². The van der Waals surface area contributed by atoms with Gasteiger partial charge in [-0.1, -0.05) is 185 Å². The van der Waals surface area contributed by atoms with Crippen LogP contribution in [0.3, 0.4) is 0 Å². The van der Waals surface area contributed by atoms with Crippen molar-refractivity contribution in [3.8, 4) is 61.3 Å². The van der Waals surface area contributed by atoms with Crippen molar-refractivity contribution >= 4 is 38.9 Å². The van der Waals surface area contributed by atoms with Crippen LogP contribution in [0.4, 0.5) is 17.1 Å². The molecule has 0 atom stereocenters. The lowest BCUT2D eigenvalue weighted by atomic mass is 9.82. The van der Waals surface area contributed by atoms with E-state index in [2.05, 4.69) is 268 Å². The van der Waals surface area contributed by atoms with Crippen LogP contribution in [0.2, 0.25) is 0 Å². The van der Waals surface area contributed by atoms with Gasteiger partial charge in [0, 0.05) is 38.8 Å². The van der Waals surface area contributed by atoms with Crippen molar-refractivity contribution in [3.05, 3.63) is 253 Å². The Kier molecular flexibility index (Phi) is 10.5. The van der Waals surface area contributed by atoms with Crippen molar-refractivity contribution in [3.63, 3.8) is 0 Å². The van der Waals surface area contributed by atoms with Gasteiger partial charge in [-0.2, -0.15) is 0 Å². The van der Waals surface area contributed by atoms with Crippen LogP contribution in [0.25, 0.3) is 83.1 Å². The van der Waals surface area contributed by atoms with E-state index in [1.165, 1.54) is 105 Å². The number of hydrogen-bond donors (Lipinski definition) is 0. The SMILES string of the molecule is CCc1ccc2c(c1)c1cc(CC)ccc1n2-c1ccc(-c2ccc(-c3ccc(N(c4ccc5c(c4)C(C)(C)c4ccccc4-5)c4ccc(-c5ccccc5)cc4-c4ccccc4)cc3)cc2)cc1. The molecule has 332 valence electrons. The number of benzene rings is 10. The number of anilines is 3. The largest absolute Gasteiger partial charge is 0.310 e. The number of aryl methyl sites for hydroxylation is 2. The van der Waals surface area contributed by atoms with Crippen LogP contribution in [0.1, 0.15) is 49.9 Å². The molecule has 11 aromatic rings. The first-order chi connectivity index (χ1) is 33.9. The van der Waals surface area contributed by atoms with Gasteiger partial charge < -0.3 is 9.47 Å². The maximum atomic E-state index is 2.46. The summed E-state index contributed by atoms with van der Waals surface area (Å²) in [5, 5.41) is 2.65. The summed E-state index contributed by atoms with van der Waals surface area (Å²) in [5.74, 6) is 0. The third-order valence-corrected chi connectivity index (χ3v) is 14.8. The van der Waals surface area contributed by atoms with Crippen LogP contribution in [-0.2, 0) is 18.3 Å². The molecule has 0 fully saturated rings. The zero-order valence-corrected chi connectivity index (χ0v) is 39.7. The molecule has 12 rings (SSSR count). The lowest BCUT2D eigenvalue weighted by Crippen LogP contribution is -2.17. The van der Waals surface area contributed by atoms with Crippen LogP contribution in [0, 0.1) is 0 Å². The average molecular weight is 887 g/mol. The maximum absolute atomic E-state index is 2.46. The summed E-state index contributed by atoms with van der Waals surface area (Å²) >= 11 is 0. The number of nitrogens with zero attached hydrogens (tertiary/aromatic N) is 2. The first-order valence-electron chi connectivity index (χ1n) is 24.5. The average Bonchev–Trinajstić information content (AvgIpc) is 3.86. The normalized spacial score (nSPS) is 12.6. The fraction of sp³-hybridized carbons (Fsp3) is 0.104. The quantitative estimate of drug-likeness (QED) is 0.133. The number of rotatable bonds is 10. The Morgan fingerprint density at radius 2 is 0.841 bits per heavy atom. The van der Waals surface area contributed by atoms with E-state index >= 15 is 0 Å². The molecule has 0 N–H and O–H groups in total. The fourth-order valence-corrected chi connectivity index (χ4v) is 10.9. The molecule has 1 aromatic heterocycles. The van der Waals surface area contributed by atoms with Crippen molar-refractivity contribution in [1.29, 1.82) is 0 Å². The highest BCUT2D eigenvalue weighted by molar-refractivity contribution is 6.10.